The lowest BCUT2D eigenvalue weighted by Crippen LogP contribution is -2.27. The Bertz CT molecular complexity index is 1650. The van der Waals surface area contributed by atoms with E-state index in [0.29, 0.717) is 13.3 Å². The minimum absolute atomic E-state index is 0.148. The maximum atomic E-state index is 16.0. The number of hydrogen-bond acceptors (Lipinski definition) is 5. The summed E-state index contributed by atoms with van der Waals surface area (Å²) in [5.41, 5.74) is 4.96. The van der Waals surface area contributed by atoms with Crippen molar-refractivity contribution in [2.45, 2.75) is 0 Å². The molecule has 0 unspecified atom stereocenters. The van der Waals surface area contributed by atoms with Crippen LogP contribution in [-0.4, -0.2) is 13.3 Å². The lowest BCUT2D eigenvalue weighted by molar-refractivity contribution is 0.576. The number of benzene rings is 5. The van der Waals surface area contributed by atoms with Gasteiger partial charge in [-0.1, -0.05) is 60.7 Å². The van der Waals surface area contributed by atoms with Gasteiger partial charge in [0.2, 0.25) is 0 Å². The van der Waals surface area contributed by atoms with Gasteiger partial charge >= 0.3 is 0 Å². The average Bonchev–Trinajstić information content (AvgIpc) is 3.58. The second-order valence-electron chi connectivity index (χ2n) is 9.67. The van der Waals surface area contributed by atoms with Crippen LogP contribution in [0.5, 0.6) is 0 Å². The lowest BCUT2D eigenvalue weighted by atomic mass is 10.1. The summed E-state index contributed by atoms with van der Waals surface area (Å²) in [5.74, 6) is -1.75. The van der Waals surface area contributed by atoms with Crippen LogP contribution in [0.15, 0.2) is 115 Å². The van der Waals surface area contributed by atoms with Crippen LogP contribution in [0, 0.1) is 23.0 Å². The van der Waals surface area contributed by atoms with E-state index in [9.17, 15) is 5.26 Å². The highest BCUT2D eigenvalue weighted by molar-refractivity contribution is 5.91. The second-order valence-corrected chi connectivity index (χ2v) is 9.67. The quantitative estimate of drug-likeness (QED) is 0.235. The molecule has 5 aromatic rings. The fourth-order valence-corrected chi connectivity index (χ4v) is 5.60. The summed E-state index contributed by atoms with van der Waals surface area (Å²) in [5, 5.41) is 9.90. The topological polar surface area (TPSA) is 36.8 Å². The first-order valence-corrected chi connectivity index (χ1v) is 13.0. The van der Waals surface area contributed by atoms with Gasteiger partial charge in [-0.3, -0.25) is 0 Å². The molecule has 2 heterocycles. The van der Waals surface area contributed by atoms with E-state index in [-0.39, 0.29) is 11.4 Å². The molecule has 0 bridgehead atoms. The number of nitriles is 1. The van der Waals surface area contributed by atoms with E-state index < -0.39 is 17.2 Å². The van der Waals surface area contributed by atoms with Crippen molar-refractivity contribution in [2.75, 3.05) is 32.9 Å². The number of nitrogens with zero attached hydrogens (tertiary/aromatic N) is 5. The van der Waals surface area contributed by atoms with Crippen LogP contribution in [0.4, 0.5) is 54.3 Å². The third kappa shape index (κ3) is 3.65. The van der Waals surface area contributed by atoms with Gasteiger partial charge in [-0.15, -0.1) is 0 Å². The molecule has 0 spiro atoms. The van der Waals surface area contributed by atoms with Gasteiger partial charge in [0.1, 0.15) is 25.0 Å². The largest absolute Gasteiger partial charge is 0.321 e. The first-order valence-electron chi connectivity index (χ1n) is 13.0. The Balaban J connectivity index is 1.37. The number of fused-ring (bicyclic) bond motifs is 2. The van der Waals surface area contributed by atoms with Crippen LogP contribution in [0.3, 0.4) is 0 Å². The zero-order valence-corrected chi connectivity index (χ0v) is 21.4. The Kier molecular flexibility index (Phi) is 5.60. The Morgan fingerprint density at radius 3 is 1.20 bits per heavy atom. The molecule has 0 fully saturated rings. The van der Waals surface area contributed by atoms with Gasteiger partial charge in [-0.2, -0.15) is 5.26 Å². The van der Waals surface area contributed by atoms with E-state index in [1.54, 1.807) is 15.9 Å². The molecule has 5 nitrogen and oxygen atoms in total. The minimum Gasteiger partial charge on any atom is -0.321 e. The van der Waals surface area contributed by atoms with Crippen molar-refractivity contribution >= 4 is 45.5 Å². The van der Waals surface area contributed by atoms with E-state index in [2.05, 4.69) is 9.80 Å². The van der Waals surface area contributed by atoms with E-state index >= 15 is 8.78 Å². The Morgan fingerprint density at radius 2 is 0.825 bits per heavy atom. The zero-order chi connectivity index (χ0) is 27.2. The van der Waals surface area contributed by atoms with Gasteiger partial charge < -0.3 is 19.6 Å². The molecule has 0 N–H and O–H groups in total. The van der Waals surface area contributed by atoms with Crippen LogP contribution < -0.4 is 19.6 Å². The van der Waals surface area contributed by atoms with Crippen molar-refractivity contribution in [1.29, 1.82) is 5.26 Å². The highest BCUT2D eigenvalue weighted by Gasteiger charge is 2.35. The first-order chi connectivity index (χ1) is 19.7. The van der Waals surface area contributed by atoms with Gasteiger partial charge in [0, 0.05) is 11.4 Å². The molecule has 0 atom stereocenters. The van der Waals surface area contributed by atoms with Gasteiger partial charge in [-0.25, -0.2) is 8.78 Å². The fraction of sp³-hybridized carbons (Fsp3) is 0.0606. The maximum Gasteiger partial charge on any atom is 0.167 e. The number of para-hydroxylation sites is 6. The third-order valence-corrected chi connectivity index (χ3v) is 7.48. The highest BCUT2D eigenvalue weighted by atomic mass is 19.1. The molecule has 0 saturated carbocycles. The van der Waals surface area contributed by atoms with E-state index in [0.717, 1.165) is 34.1 Å². The molecule has 5 aromatic carbocycles. The van der Waals surface area contributed by atoms with Crippen LogP contribution in [0.2, 0.25) is 0 Å². The monoisotopic (exact) mass is 527 g/mol. The normalized spacial score (nSPS) is 13.8. The number of anilines is 8. The summed E-state index contributed by atoms with van der Waals surface area (Å²) < 4.78 is 31.9. The molecule has 0 saturated heterocycles. The molecule has 7 heteroatoms. The molecular formula is C33H23F2N5. The number of rotatable bonds is 4. The van der Waals surface area contributed by atoms with Gasteiger partial charge in [0.05, 0.1) is 34.1 Å². The smallest absolute Gasteiger partial charge is 0.167 e. The maximum absolute atomic E-state index is 16.0. The molecule has 2 aliphatic rings. The summed E-state index contributed by atoms with van der Waals surface area (Å²) >= 11 is 0. The molecule has 7 rings (SSSR count). The molecular weight excluding hydrogens is 504 g/mol. The third-order valence-electron chi connectivity index (χ3n) is 7.48. The second kappa shape index (κ2) is 9.44. The molecule has 2 aliphatic heterocycles. The van der Waals surface area contributed by atoms with E-state index in [1.165, 1.54) is 6.07 Å². The molecule has 0 aromatic heterocycles. The minimum atomic E-state index is -0.874. The molecule has 0 aliphatic carbocycles. The highest BCUT2D eigenvalue weighted by Crippen LogP contribution is 2.49. The van der Waals surface area contributed by atoms with Crippen molar-refractivity contribution in [3.63, 3.8) is 0 Å². The van der Waals surface area contributed by atoms with Crippen molar-refractivity contribution in [1.82, 2.24) is 0 Å². The molecule has 40 heavy (non-hydrogen) atoms. The van der Waals surface area contributed by atoms with Crippen LogP contribution in [0.25, 0.3) is 0 Å². The van der Waals surface area contributed by atoms with Crippen molar-refractivity contribution in [3.05, 3.63) is 132 Å². The Morgan fingerprint density at radius 1 is 0.475 bits per heavy atom. The number of halogens is 2. The SMILES string of the molecule is N#Cc1c(F)c(N2CN(c3ccccc3)c3ccccc32)cc(N2CN(c3ccccc3)c3ccccc32)c1F. The predicted octanol–water partition coefficient (Wildman–Crippen LogP) is 8.33. The lowest BCUT2D eigenvalue weighted by Gasteiger charge is -2.26. The summed E-state index contributed by atoms with van der Waals surface area (Å²) in [7, 11) is 0. The average molecular weight is 528 g/mol. The standard InChI is InChI=1S/C33H23F2N5/c34-32-25(20-36)33(35)31(40-22-38(24-13-5-2-6-14-24)27-16-8-10-18-29(27)40)19-30(32)39-21-37(23-11-3-1-4-12-23)26-15-7-9-17-28(26)39/h1-19H,21-22H2. The first kappa shape index (κ1) is 23.7. The van der Waals surface area contributed by atoms with Gasteiger partial charge in [-0.05, 0) is 54.6 Å². The van der Waals surface area contributed by atoms with E-state index in [1.807, 2.05) is 109 Å². The number of hydrogen-bond donors (Lipinski definition) is 0. The van der Waals surface area contributed by atoms with Gasteiger partial charge in [0.15, 0.2) is 11.6 Å². The molecule has 194 valence electrons. The molecule has 0 radical (unpaired) electrons. The fourth-order valence-electron chi connectivity index (χ4n) is 5.60. The summed E-state index contributed by atoms with van der Waals surface area (Å²) in [4.78, 5) is 7.76. The summed E-state index contributed by atoms with van der Waals surface area (Å²) in [6.45, 7) is 0.617. The summed E-state index contributed by atoms with van der Waals surface area (Å²) in [6, 6.07) is 38.4. The van der Waals surface area contributed by atoms with Gasteiger partial charge in [0.25, 0.3) is 0 Å². The van der Waals surface area contributed by atoms with Crippen molar-refractivity contribution < 1.29 is 8.78 Å². The van der Waals surface area contributed by atoms with E-state index in [4.69, 9.17) is 0 Å². The Labute approximate surface area is 231 Å². The van der Waals surface area contributed by atoms with Crippen molar-refractivity contribution in [3.8, 4) is 6.07 Å². The zero-order valence-electron chi connectivity index (χ0n) is 21.4. The van der Waals surface area contributed by atoms with Crippen molar-refractivity contribution in [2.24, 2.45) is 0 Å². The summed E-state index contributed by atoms with van der Waals surface area (Å²) in [6.07, 6.45) is 0. The predicted molar refractivity (Wildman–Crippen MR) is 155 cm³/mol. The molecule has 0 amide bonds. The van der Waals surface area contributed by atoms with Crippen LogP contribution >= 0.6 is 0 Å². The Hall–Kier alpha value is -5.35. The van der Waals surface area contributed by atoms with Crippen LogP contribution in [-0.2, 0) is 0 Å². The van der Waals surface area contributed by atoms with Crippen LogP contribution in [0.1, 0.15) is 5.56 Å².